The number of hydrogen-bond donors (Lipinski definition) is 0. The summed E-state index contributed by atoms with van der Waals surface area (Å²) in [6, 6.07) is 0. The van der Waals surface area contributed by atoms with Crippen molar-refractivity contribution in [1.82, 2.24) is 0 Å². The minimum absolute atomic E-state index is 0.0870. The second kappa shape index (κ2) is 8.00. The first-order valence-electron chi connectivity index (χ1n) is 7.72. The van der Waals surface area contributed by atoms with Crippen molar-refractivity contribution in [3.05, 3.63) is 0 Å². The predicted molar refractivity (Wildman–Crippen MR) is 84.6 cm³/mol. The van der Waals surface area contributed by atoms with Gasteiger partial charge in [-0.1, -0.05) is 33.6 Å². The van der Waals surface area contributed by atoms with Gasteiger partial charge >= 0.3 is 0 Å². The van der Waals surface area contributed by atoms with Crippen LogP contribution in [0.4, 0.5) is 0 Å². The summed E-state index contributed by atoms with van der Waals surface area (Å²) in [5.74, 6) is 0.835. The van der Waals surface area contributed by atoms with Gasteiger partial charge in [-0.15, -0.1) is 0 Å². The van der Waals surface area contributed by atoms with E-state index >= 15 is 0 Å². The lowest BCUT2D eigenvalue weighted by Gasteiger charge is -2.38. The Morgan fingerprint density at radius 3 is 2.40 bits per heavy atom. The van der Waals surface area contributed by atoms with E-state index in [1.165, 1.54) is 12.8 Å². The summed E-state index contributed by atoms with van der Waals surface area (Å²) < 4.78 is 27.5. The smallest absolute Gasteiger partial charge is 0.232 e. The highest BCUT2D eigenvalue weighted by molar-refractivity contribution is 8.13. The third-order valence-corrected chi connectivity index (χ3v) is 5.22. The van der Waals surface area contributed by atoms with Crippen molar-refractivity contribution in [2.75, 3.05) is 12.4 Å². The summed E-state index contributed by atoms with van der Waals surface area (Å²) in [5, 5.41) is 0. The molecule has 0 N–H and O–H groups in total. The van der Waals surface area contributed by atoms with Gasteiger partial charge in [0.25, 0.3) is 0 Å². The SMILES string of the molecule is CC1CC(OCCCCCCS(=O)(=O)Cl)CC(C)(C)C1. The molecule has 0 aromatic rings. The van der Waals surface area contributed by atoms with Crippen LogP contribution in [0.2, 0.25) is 0 Å². The van der Waals surface area contributed by atoms with Crippen LogP contribution >= 0.6 is 10.7 Å². The van der Waals surface area contributed by atoms with Crippen LogP contribution in [-0.4, -0.2) is 26.9 Å². The van der Waals surface area contributed by atoms with Crippen molar-refractivity contribution < 1.29 is 13.2 Å². The molecule has 2 unspecified atom stereocenters. The normalized spacial score (nSPS) is 26.6. The molecule has 0 saturated heterocycles. The maximum Gasteiger partial charge on any atom is 0.232 e. The molecule has 0 amide bonds. The lowest BCUT2D eigenvalue weighted by molar-refractivity contribution is -0.0240. The second-order valence-electron chi connectivity index (χ2n) is 7.06. The lowest BCUT2D eigenvalue weighted by atomic mass is 9.71. The molecular formula is C15H29ClO3S. The van der Waals surface area contributed by atoms with Gasteiger partial charge in [0.05, 0.1) is 11.9 Å². The quantitative estimate of drug-likeness (QED) is 0.492. The Kier molecular flexibility index (Phi) is 7.30. The number of ether oxygens (including phenoxy) is 1. The van der Waals surface area contributed by atoms with Gasteiger partial charge < -0.3 is 4.74 Å². The van der Waals surface area contributed by atoms with Gasteiger partial charge in [-0.2, -0.15) is 0 Å². The zero-order valence-electron chi connectivity index (χ0n) is 13.0. The van der Waals surface area contributed by atoms with E-state index in [4.69, 9.17) is 15.4 Å². The Morgan fingerprint density at radius 1 is 1.15 bits per heavy atom. The summed E-state index contributed by atoms with van der Waals surface area (Å²) in [7, 11) is 1.85. The fourth-order valence-electron chi connectivity index (χ4n) is 3.37. The minimum atomic E-state index is -3.31. The van der Waals surface area contributed by atoms with E-state index in [-0.39, 0.29) is 5.75 Å². The molecule has 0 aromatic carbocycles. The molecular weight excluding hydrogens is 296 g/mol. The first-order chi connectivity index (χ1) is 9.18. The number of rotatable bonds is 8. The van der Waals surface area contributed by atoms with Gasteiger partial charge in [0, 0.05) is 17.3 Å². The molecule has 0 bridgehead atoms. The molecule has 5 heteroatoms. The summed E-state index contributed by atoms with van der Waals surface area (Å²) in [5.41, 5.74) is 0.400. The zero-order chi connectivity index (χ0) is 15.2. The van der Waals surface area contributed by atoms with Crippen LogP contribution < -0.4 is 0 Å². The molecule has 0 aliphatic heterocycles. The number of hydrogen-bond acceptors (Lipinski definition) is 3. The molecule has 0 spiro atoms. The van der Waals surface area contributed by atoms with E-state index in [1.807, 2.05) is 0 Å². The Hall–Kier alpha value is 0.200. The fraction of sp³-hybridized carbons (Fsp3) is 1.00. The molecule has 3 nitrogen and oxygen atoms in total. The van der Waals surface area contributed by atoms with E-state index in [9.17, 15) is 8.42 Å². The summed E-state index contributed by atoms with van der Waals surface area (Å²) >= 11 is 0. The van der Waals surface area contributed by atoms with Gasteiger partial charge in [-0.05, 0) is 43.4 Å². The summed E-state index contributed by atoms with van der Waals surface area (Å²) in [6.45, 7) is 7.75. The molecule has 20 heavy (non-hydrogen) atoms. The van der Waals surface area contributed by atoms with Crippen molar-refractivity contribution >= 4 is 19.7 Å². The van der Waals surface area contributed by atoms with Crippen LogP contribution in [0.25, 0.3) is 0 Å². The largest absolute Gasteiger partial charge is 0.378 e. The van der Waals surface area contributed by atoms with Crippen molar-refractivity contribution in [2.45, 2.75) is 71.8 Å². The average molecular weight is 325 g/mol. The molecule has 1 aliphatic rings. The molecule has 120 valence electrons. The number of halogens is 1. The molecule has 0 aromatic heterocycles. The topological polar surface area (TPSA) is 43.4 Å². The van der Waals surface area contributed by atoms with Gasteiger partial charge in [-0.25, -0.2) is 8.42 Å². The summed E-state index contributed by atoms with van der Waals surface area (Å²) in [6.07, 6.45) is 7.60. The zero-order valence-corrected chi connectivity index (χ0v) is 14.6. The molecule has 1 saturated carbocycles. The van der Waals surface area contributed by atoms with Crippen molar-refractivity contribution in [3.63, 3.8) is 0 Å². The Labute approximate surface area is 128 Å². The fourth-order valence-corrected chi connectivity index (χ4v) is 4.24. The predicted octanol–water partition coefficient (Wildman–Crippen LogP) is 4.35. The molecule has 2 atom stereocenters. The monoisotopic (exact) mass is 324 g/mol. The van der Waals surface area contributed by atoms with Gasteiger partial charge in [0.1, 0.15) is 0 Å². The van der Waals surface area contributed by atoms with Crippen LogP contribution in [0, 0.1) is 11.3 Å². The van der Waals surface area contributed by atoms with E-state index < -0.39 is 9.05 Å². The van der Waals surface area contributed by atoms with Crippen molar-refractivity contribution in [1.29, 1.82) is 0 Å². The van der Waals surface area contributed by atoms with Crippen LogP contribution in [0.5, 0.6) is 0 Å². The Balaban J connectivity index is 2.06. The Bertz CT molecular complexity index is 379. The average Bonchev–Trinajstić information content (AvgIpc) is 2.23. The lowest BCUT2D eigenvalue weighted by Crippen LogP contribution is -2.32. The van der Waals surface area contributed by atoms with Gasteiger partial charge in [0.15, 0.2) is 0 Å². The minimum Gasteiger partial charge on any atom is -0.378 e. The Morgan fingerprint density at radius 2 is 1.80 bits per heavy atom. The standard InChI is InChI=1S/C15H29ClO3S/c1-13-10-14(12-15(2,3)11-13)19-8-6-4-5-7-9-20(16,17)18/h13-14H,4-12H2,1-3H3. The molecule has 1 fully saturated rings. The van der Waals surface area contributed by atoms with Gasteiger partial charge in [-0.3, -0.25) is 0 Å². The maximum absolute atomic E-state index is 10.8. The van der Waals surface area contributed by atoms with Crippen molar-refractivity contribution in [2.24, 2.45) is 11.3 Å². The van der Waals surface area contributed by atoms with E-state index in [1.54, 1.807) is 0 Å². The molecule has 0 heterocycles. The number of unbranched alkanes of at least 4 members (excludes halogenated alkanes) is 3. The second-order valence-corrected chi connectivity index (χ2v) is 9.96. The highest BCUT2D eigenvalue weighted by atomic mass is 35.7. The first-order valence-corrected chi connectivity index (χ1v) is 10.2. The van der Waals surface area contributed by atoms with Crippen LogP contribution in [0.15, 0.2) is 0 Å². The van der Waals surface area contributed by atoms with E-state index in [2.05, 4.69) is 20.8 Å². The molecule has 1 aliphatic carbocycles. The first kappa shape index (κ1) is 18.2. The molecule has 1 rings (SSSR count). The molecule has 0 radical (unpaired) electrons. The third kappa shape index (κ3) is 8.48. The van der Waals surface area contributed by atoms with Crippen LogP contribution in [0.1, 0.15) is 65.7 Å². The van der Waals surface area contributed by atoms with Gasteiger partial charge in [0.2, 0.25) is 9.05 Å². The highest BCUT2D eigenvalue weighted by Crippen LogP contribution is 2.39. The maximum atomic E-state index is 10.8. The van der Waals surface area contributed by atoms with E-state index in [0.717, 1.165) is 38.2 Å². The third-order valence-electron chi connectivity index (χ3n) is 3.98. The van der Waals surface area contributed by atoms with Crippen molar-refractivity contribution in [3.8, 4) is 0 Å². The highest BCUT2D eigenvalue weighted by Gasteiger charge is 2.32. The van der Waals surface area contributed by atoms with E-state index in [0.29, 0.717) is 17.9 Å². The summed E-state index contributed by atoms with van der Waals surface area (Å²) in [4.78, 5) is 0. The van der Waals surface area contributed by atoms with Crippen LogP contribution in [0.3, 0.4) is 0 Å². The van der Waals surface area contributed by atoms with Crippen LogP contribution in [-0.2, 0) is 13.8 Å².